The molecule has 1 aromatic carbocycles. The highest BCUT2D eigenvalue weighted by Crippen LogP contribution is 2.28. The molecule has 0 bridgehead atoms. The Morgan fingerprint density at radius 2 is 1.85 bits per heavy atom. The van der Waals surface area contributed by atoms with Crippen molar-refractivity contribution in [3.05, 3.63) is 28.8 Å². The van der Waals surface area contributed by atoms with Crippen molar-refractivity contribution in [1.29, 1.82) is 0 Å². The van der Waals surface area contributed by atoms with Gasteiger partial charge < -0.3 is 14.5 Å². The molecule has 0 unspecified atom stereocenters. The summed E-state index contributed by atoms with van der Waals surface area (Å²) < 4.78 is 5.32. The minimum atomic E-state index is -0.396. The first-order chi connectivity index (χ1) is 12.9. The van der Waals surface area contributed by atoms with Crippen LogP contribution in [-0.4, -0.2) is 78.4 Å². The van der Waals surface area contributed by atoms with E-state index in [1.807, 2.05) is 4.90 Å². The van der Waals surface area contributed by atoms with E-state index >= 15 is 0 Å². The second-order valence-electron chi connectivity index (χ2n) is 7.46. The summed E-state index contributed by atoms with van der Waals surface area (Å²) in [5.41, 5.74) is 0.411. The molecule has 148 valence electrons. The second kappa shape index (κ2) is 8.48. The van der Waals surface area contributed by atoms with Crippen LogP contribution in [0, 0.1) is 0 Å². The van der Waals surface area contributed by atoms with Gasteiger partial charge in [-0.3, -0.25) is 14.5 Å². The van der Waals surface area contributed by atoms with Crippen molar-refractivity contribution in [2.24, 2.45) is 0 Å². The Labute approximate surface area is 166 Å². The number of carbonyl (C=O) groups is 2. The van der Waals surface area contributed by atoms with Crippen molar-refractivity contribution < 1.29 is 14.3 Å². The van der Waals surface area contributed by atoms with E-state index in [2.05, 4.69) is 18.7 Å². The molecule has 0 radical (unpaired) electrons. The summed E-state index contributed by atoms with van der Waals surface area (Å²) in [4.78, 5) is 32.2. The lowest BCUT2D eigenvalue weighted by Gasteiger charge is -2.39. The zero-order valence-corrected chi connectivity index (χ0v) is 17.0. The van der Waals surface area contributed by atoms with Crippen LogP contribution < -0.4 is 4.74 Å². The molecule has 2 aliphatic rings. The van der Waals surface area contributed by atoms with Gasteiger partial charge in [0.1, 0.15) is 11.8 Å². The summed E-state index contributed by atoms with van der Waals surface area (Å²) in [6, 6.07) is 5.09. The predicted octanol–water partition coefficient (Wildman–Crippen LogP) is 2.51. The first kappa shape index (κ1) is 20.0. The summed E-state index contributed by atoms with van der Waals surface area (Å²) in [6.07, 6.45) is 1.54. The number of likely N-dealkylation sites (tertiary alicyclic amines) is 1. The van der Waals surface area contributed by atoms with Crippen LogP contribution in [0.1, 0.15) is 37.0 Å². The number of piperazine rings is 1. The molecule has 0 aromatic heterocycles. The van der Waals surface area contributed by atoms with Gasteiger partial charge in [0.2, 0.25) is 5.91 Å². The molecule has 7 heteroatoms. The number of amides is 2. The Morgan fingerprint density at radius 1 is 1.15 bits per heavy atom. The fourth-order valence-corrected chi connectivity index (χ4v) is 4.11. The summed E-state index contributed by atoms with van der Waals surface area (Å²) in [5.74, 6) is 0.351. The van der Waals surface area contributed by atoms with Crippen LogP contribution in [0.2, 0.25) is 5.02 Å². The lowest BCUT2D eigenvalue weighted by molar-refractivity contribution is -0.137. The largest absolute Gasteiger partial charge is 0.496 e. The predicted molar refractivity (Wildman–Crippen MR) is 105 cm³/mol. The molecule has 6 nitrogen and oxygen atoms in total. The molecule has 2 fully saturated rings. The second-order valence-corrected chi connectivity index (χ2v) is 7.89. The highest BCUT2D eigenvalue weighted by atomic mass is 35.5. The van der Waals surface area contributed by atoms with Crippen molar-refractivity contribution in [2.75, 3.05) is 39.8 Å². The van der Waals surface area contributed by atoms with Gasteiger partial charge >= 0.3 is 0 Å². The van der Waals surface area contributed by atoms with E-state index in [-0.39, 0.29) is 11.8 Å². The molecule has 2 amide bonds. The van der Waals surface area contributed by atoms with Crippen LogP contribution in [-0.2, 0) is 4.79 Å². The zero-order valence-electron chi connectivity index (χ0n) is 16.3. The fraction of sp³-hybridized carbons (Fsp3) is 0.600. The third-order valence-electron chi connectivity index (χ3n) is 5.55. The van der Waals surface area contributed by atoms with Gasteiger partial charge in [0, 0.05) is 43.8 Å². The van der Waals surface area contributed by atoms with Crippen LogP contribution in [0.3, 0.4) is 0 Å². The molecule has 0 N–H and O–H groups in total. The van der Waals surface area contributed by atoms with Crippen LogP contribution in [0.25, 0.3) is 0 Å². The number of hydrogen-bond acceptors (Lipinski definition) is 4. The topological polar surface area (TPSA) is 53.1 Å². The van der Waals surface area contributed by atoms with Gasteiger partial charge in [0.25, 0.3) is 5.91 Å². The van der Waals surface area contributed by atoms with E-state index in [0.717, 1.165) is 32.6 Å². The molecular weight excluding hydrogens is 366 g/mol. The van der Waals surface area contributed by atoms with Crippen molar-refractivity contribution in [3.63, 3.8) is 0 Å². The van der Waals surface area contributed by atoms with Gasteiger partial charge in [-0.15, -0.1) is 0 Å². The molecular formula is C20H28ClN3O3. The van der Waals surface area contributed by atoms with E-state index < -0.39 is 6.04 Å². The zero-order chi connectivity index (χ0) is 19.6. The number of nitrogens with zero attached hydrogens (tertiary/aromatic N) is 3. The summed E-state index contributed by atoms with van der Waals surface area (Å²) in [5, 5.41) is 0.478. The number of hydrogen-bond donors (Lipinski definition) is 0. The molecule has 2 heterocycles. The van der Waals surface area contributed by atoms with Crippen LogP contribution in [0.15, 0.2) is 18.2 Å². The first-order valence-corrected chi connectivity index (χ1v) is 9.97. The molecule has 0 saturated carbocycles. The Morgan fingerprint density at radius 3 is 2.48 bits per heavy atom. The highest BCUT2D eigenvalue weighted by molar-refractivity contribution is 6.31. The molecule has 1 atom stereocenters. The number of rotatable bonds is 4. The Hall–Kier alpha value is -1.79. The van der Waals surface area contributed by atoms with Crippen molar-refractivity contribution in [1.82, 2.24) is 14.7 Å². The molecule has 0 aliphatic carbocycles. The van der Waals surface area contributed by atoms with E-state index in [4.69, 9.17) is 16.3 Å². The third kappa shape index (κ3) is 4.22. The molecule has 27 heavy (non-hydrogen) atoms. The maximum atomic E-state index is 13.1. The molecule has 2 aliphatic heterocycles. The van der Waals surface area contributed by atoms with Crippen LogP contribution >= 0.6 is 11.6 Å². The van der Waals surface area contributed by atoms with Gasteiger partial charge in [0.05, 0.1) is 12.7 Å². The minimum Gasteiger partial charge on any atom is -0.496 e. The summed E-state index contributed by atoms with van der Waals surface area (Å²) in [7, 11) is 1.53. The van der Waals surface area contributed by atoms with Gasteiger partial charge in [-0.2, -0.15) is 0 Å². The molecule has 2 saturated heterocycles. The standard InChI is InChI=1S/C20H28ClN3O3/c1-14(2)22-9-11-23(12-10-22)20(26)17-5-4-8-24(17)19(25)16-13-15(21)6-7-18(16)27-3/h6-7,13-14,17H,4-5,8-12H2,1-3H3/t17-/m1/s1. The monoisotopic (exact) mass is 393 g/mol. The normalized spacial score (nSPS) is 21.0. The van der Waals surface area contributed by atoms with Crippen molar-refractivity contribution in [2.45, 2.75) is 38.8 Å². The Balaban J connectivity index is 1.73. The lowest BCUT2D eigenvalue weighted by atomic mass is 10.1. The van der Waals surface area contributed by atoms with Gasteiger partial charge in [-0.05, 0) is 44.9 Å². The first-order valence-electron chi connectivity index (χ1n) is 9.59. The number of halogens is 1. The molecule has 1 aromatic rings. The number of carbonyl (C=O) groups excluding carboxylic acids is 2. The van der Waals surface area contributed by atoms with Crippen molar-refractivity contribution in [3.8, 4) is 5.75 Å². The van der Waals surface area contributed by atoms with E-state index in [9.17, 15) is 9.59 Å². The lowest BCUT2D eigenvalue weighted by Crippen LogP contribution is -2.55. The van der Waals surface area contributed by atoms with Gasteiger partial charge in [0.15, 0.2) is 0 Å². The van der Waals surface area contributed by atoms with E-state index in [0.29, 0.717) is 35.3 Å². The molecule has 3 rings (SSSR count). The number of ether oxygens (including phenoxy) is 1. The van der Waals surface area contributed by atoms with E-state index in [1.54, 1.807) is 23.1 Å². The third-order valence-corrected chi connectivity index (χ3v) is 5.78. The Bertz CT molecular complexity index is 702. The number of benzene rings is 1. The highest BCUT2D eigenvalue weighted by Gasteiger charge is 2.38. The van der Waals surface area contributed by atoms with Crippen molar-refractivity contribution >= 4 is 23.4 Å². The maximum absolute atomic E-state index is 13.1. The summed E-state index contributed by atoms with van der Waals surface area (Å²) in [6.45, 7) is 8.13. The smallest absolute Gasteiger partial charge is 0.258 e. The van der Waals surface area contributed by atoms with E-state index in [1.165, 1.54) is 7.11 Å². The summed E-state index contributed by atoms with van der Waals surface area (Å²) >= 11 is 6.08. The minimum absolute atomic E-state index is 0.0604. The fourth-order valence-electron chi connectivity index (χ4n) is 3.94. The van der Waals surface area contributed by atoms with Crippen LogP contribution in [0.5, 0.6) is 5.75 Å². The number of methoxy groups -OCH3 is 1. The Kier molecular flexibility index (Phi) is 6.27. The van der Waals surface area contributed by atoms with Gasteiger partial charge in [-0.25, -0.2) is 0 Å². The maximum Gasteiger partial charge on any atom is 0.258 e. The van der Waals surface area contributed by atoms with Gasteiger partial charge in [-0.1, -0.05) is 11.6 Å². The van der Waals surface area contributed by atoms with Crippen LogP contribution in [0.4, 0.5) is 0 Å². The average Bonchev–Trinajstić information content (AvgIpc) is 3.16. The quantitative estimate of drug-likeness (QED) is 0.788. The SMILES string of the molecule is COc1ccc(Cl)cc1C(=O)N1CCC[C@@H]1C(=O)N1CCN(C(C)C)CC1. The average molecular weight is 394 g/mol. The molecule has 0 spiro atoms.